The molecule has 1 aromatic carbocycles. The molecule has 1 atom stereocenters. The van der Waals surface area contributed by atoms with Crippen molar-refractivity contribution in [3.05, 3.63) is 67.1 Å². The van der Waals surface area contributed by atoms with Crippen LogP contribution in [0.25, 0.3) is 10.9 Å². The van der Waals surface area contributed by atoms with E-state index in [1.165, 1.54) is 10.8 Å². The smallest absolute Gasteiger partial charge is 0.378 e. The zero-order valence-corrected chi connectivity index (χ0v) is 19.5. The van der Waals surface area contributed by atoms with Gasteiger partial charge in [-0.05, 0) is 24.6 Å². The second kappa shape index (κ2) is 9.34. The van der Waals surface area contributed by atoms with Crippen LogP contribution < -0.4 is 15.8 Å². The van der Waals surface area contributed by atoms with Gasteiger partial charge in [0.2, 0.25) is 0 Å². The molecule has 0 radical (unpaired) electrons. The van der Waals surface area contributed by atoms with Crippen LogP contribution in [0.1, 0.15) is 24.1 Å². The van der Waals surface area contributed by atoms with E-state index in [1.807, 2.05) is 4.90 Å². The van der Waals surface area contributed by atoms with Crippen LogP contribution in [0.2, 0.25) is 5.02 Å². The molecule has 0 spiro atoms. The van der Waals surface area contributed by atoms with Gasteiger partial charge in [-0.3, -0.25) is 14.9 Å². The molecule has 0 amide bonds. The van der Waals surface area contributed by atoms with Gasteiger partial charge in [0.15, 0.2) is 0 Å². The molecule has 4 rings (SSSR count). The Bertz CT molecular complexity index is 1360. The third kappa shape index (κ3) is 4.89. The Morgan fingerprint density at radius 3 is 2.54 bits per heavy atom. The van der Waals surface area contributed by atoms with E-state index in [1.54, 1.807) is 20.0 Å². The van der Waals surface area contributed by atoms with E-state index in [-0.39, 0.29) is 22.0 Å². The molecule has 0 saturated carbocycles. The summed E-state index contributed by atoms with van der Waals surface area (Å²) in [6, 6.07) is 3.29. The summed E-state index contributed by atoms with van der Waals surface area (Å²) in [4.78, 5) is 29.6. The van der Waals surface area contributed by atoms with E-state index in [9.17, 15) is 28.1 Å². The average Bonchev–Trinajstić information content (AvgIpc) is 2.82. The largest absolute Gasteiger partial charge is 0.416 e. The lowest BCUT2D eigenvalue weighted by atomic mass is 10.0. The maximum absolute atomic E-state index is 13.3. The highest BCUT2D eigenvalue weighted by molar-refractivity contribution is 6.35. The van der Waals surface area contributed by atoms with Crippen LogP contribution in [0.3, 0.4) is 0 Å². The zero-order valence-electron chi connectivity index (χ0n) is 18.7. The molecule has 1 aliphatic rings. The Morgan fingerprint density at radius 1 is 1.23 bits per heavy atom. The molecular formula is C22H21ClF3N5O4. The van der Waals surface area contributed by atoms with Crippen LogP contribution in [0, 0.1) is 10.1 Å². The molecule has 3 heterocycles. The molecule has 3 aromatic rings. The van der Waals surface area contributed by atoms with Crippen LogP contribution in [-0.2, 0) is 18.0 Å². The number of hydrogen-bond donors (Lipinski definition) is 1. The molecule has 1 fully saturated rings. The number of alkyl halides is 3. The summed E-state index contributed by atoms with van der Waals surface area (Å²) < 4.78 is 46.8. The molecule has 1 aliphatic heterocycles. The number of halogens is 4. The fourth-order valence-electron chi connectivity index (χ4n) is 4.03. The normalized spacial score (nSPS) is 15.3. The van der Waals surface area contributed by atoms with Gasteiger partial charge in [-0.25, -0.2) is 4.98 Å². The zero-order chi connectivity index (χ0) is 25.5. The summed E-state index contributed by atoms with van der Waals surface area (Å²) in [5.74, 6) is 0.266. The van der Waals surface area contributed by atoms with Crippen LogP contribution in [0.5, 0.6) is 0 Å². The first-order valence-corrected chi connectivity index (χ1v) is 11.0. The summed E-state index contributed by atoms with van der Waals surface area (Å²) in [5, 5.41) is 15.0. The SMILES string of the molecule is C[C@@H](Nc1ncc(Cl)c2c1cc(N1CCOCC1)c(=O)n2C)c1cc([N+](=O)[O-])cc(C(F)(F)F)c1. The summed E-state index contributed by atoms with van der Waals surface area (Å²) in [7, 11) is 1.57. The van der Waals surface area contributed by atoms with E-state index in [0.29, 0.717) is 49.0 Å². The summed E-state index contributed by atoms with van der Waals surface area (Å²) in [5.41, 5.74) is -1.20. The lowest BCUT2D eigenvalue weighted by Crippen LogP contribution is -2.40. The molecule has 0 aliphatic carbocycles. The predicted molar refractivity (Wildman–Crippen MR) is 125 cm³/mol. The molecule has 0 unspecified atom stereocenters. The van der Waals surface area contributed by atoms with Gasteiger partial charge in [-0.15, -0.1) is 0 Å². The maximum atomic E-state index is 13.3. The van der Waals surface area contributed by atoms with Gasteiger partial charge in [0.05, 0.1) is 46.5 Å². The van der Waals surface area contributed by atoms with Crippen LogP contribution in [-0.4, -0.2) is 40.8 Å². The van der Waals surface area contributed by atoms with Gasteiger partial charge in [-0.2, -0.15) is 13.2 Å². The number of ether oxygens (including phenoxy) is 1. The molecular weight excluding hydrogens is 491 g/mol. The molecule has 1 saturated heterocycles. The number of nitrogens with zero attached hydrogens (tertiary/aromatic N) is 4. The Labute approximate surface area is 202 Å². The molecule has 35 heavy (non-hydrogen) atoms. The number of hydrogen-bond acceptors (Lipinski definition) is 7. The van der Waals surface area contributed by atoms with E-state index >= 15 is 0 Å². The number of non-ortho nitro benzene ring substituents is 1. The number of morpholine rings is 1. The first kappa shape index (κ1) is 24.7. The number of nitro groups is 1. The topological polar surface area (TPSA) is 103 Å². The Balaban J connectivity index is 1.80. The fraction of sp³-hybridized carbons (Fsp3) is 0.364. The Hall–Kier alpha value is -3.38. The van der Waals surface area contributed by atoms with Gasteiger partial charge in [0.1, 0.15) is 11.5 Å². The third-order valence-corrected chi connectivity index (χ3v) is 6.14. The van der Waals surface area contributed by atoms with Gasteiger partial charge in [0, 0.05) is 37.7 Å². The van der Waals surface area contributed by atoms with Gasteiger partial charge >= 0.3 is 6.18 Å². The highest BCUT2D eigenvalue weighted by Crippen LogP contribution is 2.36. The summed E-state index contributed by atoms with van der Waals surface area (Å²) >= 11 is 6.34. The van der Waals surface area contributed by atoms with Crippen molar-refractivity contribution in [2.24, 2.45) is 7.05 Å². The van der Waals surface area contributed by atoms with Crippen molar-refractivity contribution in [1.29, 1.82) is 0 Å². The number of nitrogens with one attached hydrogen (secondary N) is 1. The molecule has 2 aromatic heterocycles. The minimum Gasteiger partial charge on any atom is -0.378 e. The molecule has 186 valence electrons. The molecule has 9 nitrogen and oxygen atoms in total. The van der Waals surface area contributed by atoms with Crippen LogP contribution in [0.4, 0.5) is 30.4 Å². The van der Waals surface area contributed by atoms with Gasteiger partial charge < -0.3 is 19.5 Å². The minimum absolute atomic E-state index is 0.0506. The monoisotopic (exact) mass is 511 g/mol. The summed E-state index contributed by atoms with van der Waals surface area (Å²) in [6.07, 6.45) is -3.42. The molecule has 1 N–H and O–H groups in total. The predicted octanol–water partition coefficient (Wildman–Crippen LogP) is 4.52. The number of pyridine rings is 2. The highest BCUT2D eigenvalue weighted by Gasteiger charge is 2.33. The second-order valence-corrected chi connectivity index (χ2v) is 8.55. The lowest BCUT2D eigenvalue weighted by molar-refractivity contribution is -0.385. The van der Waals surface area contributed by atoms with Crippen molar-refractivity contribution in [2.75, 3.05) is 36.5 Å². The number of anilines is 2. The first-order valence-electron chi connectivity index (χ1n) is 10.6. The minimum atomic E-state index is -4.75. The number of rotatable bonds is 5. The number of aryl methyl sites for hydroxylation is 1. The number of benzene rings is 1. The second-order valence-electron chi connectivity index (χ2n) is 8.14. The van der Waals surface area contributed by atoms with Gasteiger partial charge in [-0.1, -0.05) is 11.6 Å². The highest BCUT2D eigenvalue weighted by atomic mass is 35.5. The third-order valence-electron chi connectivity index (χ3n) is 5.87. The van der Waals surface area contributed by atoms with Crippen LogP contribution in [0.15, 0.2) is 35.3 Å². The molecule has 0 bridgehead atoms. The molecule has 13 heteroatoms. The van der Waals surface area contributed by atoms with Crippen molar-refractivity contribution in [2.45, 2.75) is 19.1 Å². The summed E-state index contributed by atoms with van der Waals surface area (Å²) in [6.45, 7) is 3.52. The van der Waals surface area contributed by atoms with E-state index in [2.05, 4.69) is 10.3 Å². The number of aromatic nitrogens is 2. The Kier molecular flexibility index (Phi) is 6.60. The fourth-order valence-corrected chi connectivity index (χ4v) is 4.31. The Morgan fingerprint density at radius 2 is 1.91 bits per heavy atom. The van der Waals surface area contributed by atoms with E-state index in [4.69, 9.17) is 16.3 Å². The lowest BCUT2D eigenvalue weighted by Gasteiger charge is -2.29. The standard InChI is InChI=1S/C22H21ClF3N5O4/c1-12(13-7-14(22(24,25)26)9-15(8-13)31(33)34)28-20-16-10-18(30-3-5-35-6-4-30)21(32)29(2)19(16)17(23)11-27-20/h7-12H,3-6H2,1-2H3,(H,27,28)/t12-/m1/s1. The van der Waals surface area contributed by atoms with Crippen molar-refractivity contribution >= 4 is 39.7 Å². The first-order chi connectivity index (χ1) is 16.5. The average molecular weight is 512 g/mol. The number of nitro benzene ring substituents is 1. The van der Waals surface area contributed by atoms with Crippen molar-refractivity contribution < 1.29 is 22.8 Å². The van der Waals surface area contributed by atoms with Crippen molar-refractivity contribution in [3.8, 4) is 0 Å². The van der Waals surface area contributed by atoms with Crippen LogP contribution >= 0.6 is 11.6 Å². The number of fused-ring (bicyclic) bond motifs is 1. The van der Waals surface area contributed by atoms with E-state index < -0.39 is 28.4 Å². The van der Waals surface area contributed by atoms with Crippen molar-refractivity contribution in [3.63, 3.8) is 0 Å². The van der Waals surface area contributed by atoms with E-state index in [0.717, 1.165) is 12.1 Å². The maximum Gasteiger partial charge on any atom is 0.416 e. The van der Waals surface area contributed by atoms with Gasteiger partial charge in [0.25, 0.3) is 11.2 Å². The quantitative estimate of drug-likeness (QED) is 0.397. The van der Waals surface area contributed by atoms with Crippen molar-refractivity contribution in [1.82, 2.24) is 9.55 Å².